The normalized spacial score (nSPS) is 11.0. The molecule has 0 unspecified atom stereocenters. The Bertz CT molecular complexity index is 3050. The topological polar surface area (TPSA) is 204 Å². The quantitative estimate of drug-likeness (QED) is 0.0159. The van der Waals surface area contributed by atoms with Crippen LogP contribution in [0.1, 0.15) is 80.3 Å². The molecule has 0 atom stereocenters. The number of unbranched alkanes of at least 4 members (excludes halogenated alkanes) is 4. The number of rotatable bonds is 23. The van der Waals surface area contributed by atoms with E-state index in [1.807, 2.05) is 18.2 Å². The van der Waals surface area contributed by atoms with E-state index in [4.69, 9.17) is 21.3 Å². The van der Waals surface area contributed by atoms with Gasteiger partial charge in [0, 0.05) is 58.9 Å². The molecule has 0 saturated carbocycles. The number of thiocarbonyl (C=S) groups is 1. The SMILES string of the molecule is CCCCCc1ccc(N(c2ccc(CCCCC)cc2)c2ccc3cnc(/C([NH-])=C/C(=N)C(F)(F)F)cc3c2)cc1.O=CO/C=C/c1ccnc(-c2cc(OC=O)cc(-c3cc(/C=C/OC=O)ccn3)n2)c1.[N-]=C=S.[Ru+2]. The summed E-state index contributed by atoms with van der Waals surface area (Å²) >= 11 is 3.70. The molecule has 4 aromatic heterocycles. The van der Waals surface area contributed by atoms with Crippen LogP contribution in [0.5, 0.6) is 5.75 Å². The molecule has 7 rings (SSSR count). The van der Waals surface area contributed by atoms with Crippen LogP contribution in [0.2, 0.25) is 0 Å². The minimum atomic E-state index is -4.81. The summed E-state index contributed by atoms with van der Waals surface area (Å²) in [5.41, 5.74) is 15.0. The first-order valence-corrected chi connectivity index (χ1v) is 24.3. The number of carbonyl (C=O) groups is 3. The molecule has 0 aliphatic carbocycles. The van der Waals surface area contributed by atoms with E-state index in [9.17, 15) is 27.6 Å². The zero-order chi connectivity index (χ0) is 54.7. The standard InChI is InChI=1S/C35H38F3N4.C22H15N3O6.CNS.Ru/c1-3-5-7-9-25-11-16-29(17-12-25)42(30-18-13-26(14-19-30)10-8-6-4-2)31-20-15-27-24-41-33(22-28(27)21-31)32(39)23-34(40)35(36,37)38;26-13-29-7-3-16-1-5-23-19(9-16)21-11-18(31-15-28)12-22(25-21)20-10-17(2-6-24-20)4-8-30-14-27;2-1-3;/h11-24,39-40H,3-10H2,1-2H3;1-15H;;/q-1;;-1;+2/b32-23-,40-34?;7-3+,8-4+;;. The Hall–Kier alpha value is -8.37. The zero-order valence-corrected chi connectivity index (χ0v) is 44.5. The molecule has 0 amide bonds. The van der Waals surface area contributed by atoms with Crippen molar-refractivity contribution in [2.75, 3.05) is 4.90 Å². The number of isothiocyanates is 1. The van der Waals surface area contributed by atoms with E-state index < -0.39 is 17.6 Å². The van der Waals surface area contributed by atoms with Crippen LogP contribution in [0, 0.1) is 5.41 Å². The van der Waals surface area contributed by atoms with E-state index in [1.54, 1.807) is 73.2 Å². The van der Waals surface area contributed by atoms with E-state index in [2.05, 4.69) is 109 Å². The maximum Gasteiger partial charge on any atom is 2.00 e. The third kappa shape index (κ3) is 19.4. The third-order valence-electron chi connectivity index (χ3n) is 11.2. The molecule has 7 aromatic rings. The summed E-state index contributed by atoms with van der Waals surface area (Å²) < 4.78 is 52.8. The van der Waals surface area contributed by atoms with Crippen molar-refractivity contribution in [1.82, 2.24) is 19.9 Å². The van der Waals surface area contributed by atoms with Gasteiger partial charge in [0.2, 0.25) is 0 Å². The zero-order valence-electron chi connectivity index (χ0n) is 41.9. The van der Waals surface area contributed by atoms with Crippen molar-refractivity contribution in [2.24, 2.45) is 0 Å². The summed E-state index contributed by atoms with van der Waals surface area (Å²) in [4.78, 5) is 51.0. The largest absolute Gasteiger partial charge is 2.00 e. The number of halogens is 3. The second-order valence-electron chi connectivity index (χ2n) is 16.6. The second-order valence-corrected chi connectivity index (χ2v) is 16.7. The molecule has 0 spiro atoms. The van der Waals surface area contributed by atoms with E-state index >= 15 is 0 Å². The first kappa shape index (κ1) is 61.2. The number of aromatic nitrogens is 4. The summed E-state index contributed by atoms with van der Waals surface area (Å²) in [6.45, 7) is 5.35. The molecule has 0 saturated heterocycles. The van der Waals surface area contributed by atoms with E-state index in [0.29, 0.717) is 48.3 Å². The average molecular weight is 1150 g/mol. The Morgan fingerprint density at radius 2 is 1.17 bits per heavy atom. The van der Waals surface area contributed by atoms with Crippen LogP contribution < -0.4 is 9.64 Å². The Labute approximate surface area is 462 Å². The van der Waals surface area contributed by atoms with Gasteiger partial charge in [0.05, 0.1) is 35.3 Å². The van der Waals surface area contributed by atoms with Crippen LogP contribution in [0.25, 0.3) is 62.5 Å². The molecule has 0 bridgehead atoms. The average Bonchev–Trinajstić information content (AvgIpc) is 3.43. The van der Waals surface area contributed by atoms with Gasteiger partial charge in [-0.2, -0.15) is 18.3 Å². The number of fused-ring (bicyclic) bond motifs is 1. The smallest absolute Gasteiger partial charge is 0.753 e. The van der Waals surface area contributed by atoms with Gasteiger partial charge in [-0.3, -0.25) is 34.7 Å². The van der Waals surface area contributed by atoms with E-state index in [-0.39, 0.29) is 30.9 Å². The Morgan fingerprint density at radius 3 is 1.62 bits per heavy atom. The van der Waals surface area contributed by atoms with Crippen molar-refractivity contribution < 1.29 is 61.2 Å². The van der Waals surface area contributed by atoms with E-state index in [0.717, 1.165) is 64.6 Å². The molecular weight excluding hydrogens is 1090 g/mol. The fourth-order valence-electron chi connectivity index (χ4n) is 7.52. The summed E-state index contributed by atoms with van der Waals surface area (Å²) in [7, 11) is 0. The van der Waals surface area contributed by atoms with Gasteiger partial charge in [0.25, 0.3) is 19.4 Å². The number of aryl methyl sites for hydroxylation is 2. The van der Waals surface area contributed by atoms with Crippen LogP contribution in [0.15, 0.2) is 146 Å². The number of allylic oxidation sites excluding steroid dienone is 1. The fraction of sp³-hybridized carbons (Fsp3) is 0.190. The maximum atomic E-state index is 12.9. The Balaban J connectivity index is 0.000000325. The van der Waals surface area contributed by atoms with Crippen LogP contribution >= 0.6 is 12.2 Å². The Morgan fingerprint density at radius 1 is 0.675 bits per heavy atom. The number of carbonyl (C=O) groups excluding carboxylic acids is 3. The number of hydrogen-bond donors (Lipinski definition) is 1. The minimum absolute atomic E-state index is 0. The van der Waals surface area contributed by atoms with Crippen molar-refractivity contribution >= 4 is 88.2 Å². The van der Waals surface area contributed by atoms with Gasteiger partial charge in [-0.25, -0.2) is 4.98 Å². The number of hydrogen-bond acceptors (Lipinski definition) is 13. The molecular formula is C58H53F3N8O6RuS. The van der Waals surface area contributed by atoms with Crippen LogP contribution in [0.4, 0.5) is 30.2 Å². The summed E-state index contributed by atoms with van der Waals surface area (Å²) in [5, 5.41) is 17.2. The molecule has 77 heavy (non-hydrogen) atoms. The van der Waals surface area contributed by atoms with Gasteiger partial charge < -0.3 is 30.3 Å². The van der Waals surface area contributed by atoms with Gasteiger partial charge in [0.1, 0.15) is 11.5 Å². The van der Waals surface area contributed by atoms with Crippen molar-refractivity contribution in [3.8, 4) is 28.5 Å². The molecule has 0 aliphatic rings. The van der Waals surface area contributed by atoms with Crippen molar-refractivity contribution in [2.45, 2.75) is 71.4 Å². The first-order valence-electron chi connectivity index (χ1n) is 23.9. The first-order chi connectivity index (χ1) is 36.8. The number of alkyl halides is 3. The molecule has 396 valence electrons. The third-order valence-corrected chi connectivity index (χ3v) is 11.2. The second kappa shape index (κ2) is 32.2. The number of nitrogens with zero attached hydrogens (tertiary/aromatic N) is 6. The molecule has 19 heteroatoms. The molecule has 3 aromatic carbocycles. The fourth-order valence-corrected chi connectivity index (χ4v) is 7.52. The molecule has 0 fully saturated rings. The predicted molar refractivity (Wildman–Crippen MR) is 295 cm³/mol. The number of benzene rings is 3. The predicted octanol–water partition coefficient (Wildman–Crippen LogP) is 14.8. The van der Waals surface area contributed by atoms with Gasteiger partial charge in [-0.1, -0.05) is 82.1 Å². The van der Waals surface area contributed by atoms with Crippen LogP contribution in [-0.4, -0.2) is 56.4 Å². The number of anilines is 3. The van der Waals surface area contributed by atoms with Crippen molar-refractivity contribution in [3.63, 3.8) is 0 Å². The summed E-state index contributed by atoms with van der Waals surface area (Å²) in [5.74, 6) is 0.258. The Kier molecular flexibility index (Phi) is 25.6. The maximum absolute atomic E-state index is 12.9. The van der Waals surface area contributed by atoms with Crippen LogP contribution in [0.3, 0.4) is 0 Å². The molecule has 2 N–H and O–H groups in total. The molecule has 0 aliphatic heterocycles. The van der Waals surface area contributed by atoms with Crippen LogP contribution in [-0.2, 0) is 56.2 Å². The molecule has 14 nitrogen and oxygen atoms in total. The molecule has 0 radical (unpaired) electrons. The number of pyridine rings is 4. The van der Waals surface area contributed by atoms with Gasteiger partial charge in [-0.15, -0.1) is 5.70 Å². The summed E-state index contributed by atoms with van der Waals surface area (Å²) in [6.07, 6.45) is 15.2. The minimum Gasteiger partial charge on any atom is -0.753 e. The number of ether oxygens (including phenoxy) is 3. The van der Waals surface area contributed by atoms with Crippen molar-refractivity contribution in [1.29, 1.82) is 5.41 Å². The van der Waals surface area contributed by atoms with Gasteiger partial charge >= 0.3 is 25.7 Å². The van der Waals surface area contributed by atoms with Gasteiger partial charge in [0.15, 0.2) is 0 Å². The van der Waals surface area contributed by atoms with Gasteiger partial charge in [-0.05, 0) is 138 Å². The number of nitrogens with one attached hydrogen (secondary N) is 2. The van der Waals surface area contributed by atoms with E-state index in [1.165, 1.54) is 54.5 Å². The van der Waals surface area contributed by atoms with Crippen molar-refractivity contribution in [3.05, 3.63) is 185 Å². The molecule has 4 heterocycles. The summed E-state index contributed by atoms with van der Waals surface area (Å²) in [6, 6.07) is 34.8. The monoisotopic (exact) mass is 1150 g/mol.